The molecule has 1 aromatic rings. The number of nitrogens with zero attached hydrogens (tertiary/aromatic N) is 4. The summed E-state index contributed by atoms with van der Waals surface area (Å²) in [7, 11) is 0. The zero-order valence-corrected chi connectivity index (χ0v) is 13.7. The zero-order chi connectivity index (χ0) is 17.5. The van der Waals surface area contributed by atoms with E-state index in [0.717, 1.165) is 5.69 Å². The lowest BCUT2D eigenvalue weighted by Gasteiger charge is -2.37. The number of benzene rings is 1. The zero-order valence-electron chi connectivity index (χ0n) is 13.7. The smallest absolute Gasteiger partial charge is 0.338 e. The molecule has 0 aromatic heterocycles. The van der Waals surface area contributed by atoms with Gasteiger partial charge in [0.05, 0.1) is 18.2 Å². The summed E-state index contributed by atoms with van der Waals surface area (Å²) in [5.74, 6) is -0.767. The van der Waals surface area contributed by atoms with Crippen molar-refractivity contribution in [3.05, 3.63) is 40.3 Å². The van der Waals surface area contributed by atoms with Crippen LogP contribution in [0, 0.1) is 0 Å². The van der Waals surface area contributed by atoms with E-state index in [-0.39, 0.29) is 5.97 Å². The van der Waals surface area contributed by atoms with Crippen LogP contribution in [0.4, 0.5) is 5.69 Å². The fraction of sp³-hybridized carbons (Fsp3) is 0.500. The first kappa shape index (κ1) is 17.6. The van der Waals surface area contributed by atoms with Crippen LogP contribution in [0.3, 0.4) is 0 Å². The lowest BCUT2D eigenvalue weighted by atomic mass is 10.0. The van der Waals surface area contributed by atoms with E-state index in [2.05, 4.69) is 10.0 Å². The van der Waals surface area contributed by atoms with E-state index in [1.165, 1.54) is 6.92 Å². The number of carbonyl (C=O) groups is 2. The molecule has 0 saturated carbocycles. The Morgan fingerprint density at radius 2 is 2.25 bits per heavy atom. The molecule has 0 unspecified atom stereocenters. The van der Waals surface area contributed by atoms with Gasteiger partial charge >= 0.3 is 11.9 Å². The van der Waals surface area contributed by atoms with Gasteiger partial charge in [0.25, 0.3) is 0 Å². The Balaban J connectivity index is 2.15. The molecule has 24 heavy (non-hydrogen) atoms. The number of ether oxygens (including phenoxy) is 2. The highest BCUT2D eigenvalue weighted by Gasteiger charge is 2.31. The van der Waals surface area contributed by atoms with Gasteiger partial charge in [-0.15, -0.1) is 0 Å². The van der Waals surface area contributed by atoms with Crippen molar-refractivity contribution in [2.45, 2.75) is 32.4 Å². The van der Waals surface area contributed by atoms with Crippen LogP contribution >= 0.6 is 0 Å². The minimum atomic E-state index is -0.473. The van der Waals surface area contributed by atoms with Crippen molar-refractivity contribution in [1.82, 2.24) is 0 Å². The maximum absolute atomic E-state index is 11.9. The Bertz CT molecular complexity index is 657. The minimum absolute atomic E-state index is 0.315. The molecule has 1 fully saturated rings. The summed E-state index contributed by atoms with van der Waals surface area (Å²) >= 11 is 0. The highest BCUT2D eigenvalue weighted by molar-refractivity contribution is 5.90. The molecular formula is C16H20N4O4. The van der Waals surface area contributed by atoms with Gasteiger partial charge in [-0.3, -0.25) is 4.79 Å². The van der Waals surface area contributed by atoms with E-state index in [0.29, 0.717) is 31.7 Å². The fourth-order valence-electron chi connectivity index (χ4n) is 2.72. The lowest BCUT2D eigenvalue weighted by Crippen LogP contribution is -2.47. The standard InChI is InChI=1S/C16H20N4O4/c1-3-23-16(22)12-5-4-6-13(9-12)20-8-7-15(24-11(2)21)14(10-20)18-19-17/h4-6,9,14-15H,3,7-8,10H2,1-2H3/t14-,15-/m1/s1. The van der Waals surface area contributed by atoms with Crippen LogP contribution in [-0.2, 0) is 14.3 Å². The summed E-state index contributed by atoms with van der Waals surface area (Å²) in [6.07, 6.45) is 0.121. The Kier molecular flexibility index (Phi) is 6.03. The molecule has 1 aromatic carbocycles. The molecule has 0 spiro atoms. The Labute approximate surface area is 140 Å². The molecule has 1 heterocycles. The Morgan fingerprint density at radius 1 is 1.46 bits per heavy atom. The average molecular weight is 332 g/mol. The van der Waals surface area contributed by atoms with Crippen LogP contribution in [0.25, 0.3) is 10.4 Å². The highest BCUT2D eigenvalue weighted by Crippen LogP contribution is 2.24. The summed E-state index contributed by atoms with van der Waals surface area (Å²) in [5.41, 5.74) is 10.0. The predicted molar refractivity (Wildman–Crippen MR) is 87.7 cm³/mol. The van der Waals surface area contributed by atoms with Crippen LogP contribution in [0.2, 0.25) is 0 Å². The monoisotopic (exact) mass is 332 g/mol. The van der Waals surface area contributed by atoms with Crippen LogP contribution in [0.1, 0.15) is 30.6 Å². The van der Waals surface area contributed by atoms with Crippen molar-refractivity contribution in [3.8, 4) is 0 Å². The van der Waals surface area contributed by atoms with Gasteiger partial charge in [0, 0.05) is 37.0 Å². The molecule has 8 nitrogen and oxygen atoms in total. The molecule has 2 rings (SSSR count). The van der Waals surface area contributed by atoms with Crippen molar-refractivity contribution in [2.24, 2.45) is 5.11 Å². The molecule has 1 aliphatic rings. The number of piperidine rings is 1. The van der Waals surface area contributed by atoms with Crippen molar-refractivity contribution in [2.75, 3.05) is 24.6 Å². The lowest BCUT2D eigenvalue weighted by molar-refractivity contribution is -0.148. The number of rotatable bonds is 5. The van der Waals surface area contributed by atoms with E-state index >= 15 is 0 Å². The number of hydrogen-bond donors (Lipinski definition) is 0. The molecule has 1 aliphatic heterocycles. The van der Waals surface area contributed by atoms with E-state index in [1.54, 1.807) is 25.1 Å². The second kappa shape index (κ2) is 8.21. The summed E-state index contributed by atoms with van der Waals surface area (Å²) < 4.78 is 10.2. The van der Waals surface area contributed by atoms with Gasteiger partial charge < -0.3 is 14.4 Å². The summed E-state index contributed by atoms with van der Waals surface area (Å²) in [6.45, 7) is 4.44. The van der Waals surface area contributed by atoms with Crippen molar-refractivity contribution >= 4 is 17.6 Å². The first-order chi connectivity index (χ1) is 11.5. The summed E-state index contributed by atoms with van der Waals surface area (Å²) in [5, 5.41) is 3.75. The molecule has 0 aliphatic carbocycles. The first-order valence-electron chi connectivity index (χ1n) is 7.78. The van der Waals surface area contributed by atoms with Crippen molar-refractivity contribution in [1.29, 1.82) is 0 Å². The van der Waals surface area contributed by atoms with Gasteiger partial charge in [0.1, 0.15) is 6.10 Å². The molecule has 8 heteroatoms. The van der Waals surface area contributed by atoms with Crippen LogP contribution in [0.15, 0.2) is 29.4 Å². The number of carbonyl (C=O) groups excluding carboxylic acids is 2. The summed E-state index contributed by atoms with van der Waals surface area (Å²) in [6, 6.07) is 6.62. The van der Waals surface area contributed by atoms with Crippen LogP contribution < -0.4 is 4.90 Å². The number of azide groups is 1. The van der Waals surface area contributed by atoms with Crippen molar-refractivity contribution < 1.29 is 19.1 Å². The normalized spacial score (nSPS) is 20.0. The number of anilines is 1. The fourth-order valence-corrected chi connectivity index (χ4v) is 2.72. The maximum Gasteiger partial charge on any atom is 0.338 e. The molecule has 0 bridgehead atoms. The molecule has 2 atom stereocenters. The largest absolute Gasteiger partial charge is 0.462 e. The molecule has 0 amide bonds. The SMILES string of the molecule is CCOC(=O)c1cccc(N2CC[C@@H](OC(C)=O)[C@H](N=[N+]=[N-])C2)c1. The van der Waals surface area contributed by atoms with Crippen LogP contribution in [0.5, 0.6) is 0 Å². The third-order valence-corrected chi connectivity index (χ3v) is 3.76. The second-order valence-corrected chi connectivity index (χ2v) is 5.43. The van der Waals surface area contributed by atoms with Gasteiger partial charge in [0.2, 0.25) is 0 Å². The first-order valence-corrected chi connectivity index (χ1v) is 7.78. The third kappa shape index (κ3) is 4.39. The highest BCUT2D eigenvalue weighted by atomic mass is 16.5. The minimum Gasteiger partial charge on any atom is -0.462 e. The van der Waals surface area contributed by atoms with Gasteiger partial charge in [-0.2, -0.15) is 0 Å². The molecular weight excluding hydrogens is 312 g/mol. The predicted octanol–water partition coefficient (Wildman–Crippen LogP) is 2.68. The van der Waals surface area contributed by atoms with Gasteiger partial charge in [-0.1, -0.05) is 11.2 Å². The molecule has 1 saturated heterocycles. The topological polar surface area (TPSA) is 105 Å². The van der Waals surface area contributed by atoms with Gasteiger partial charge in [-0.05, 0) is 30.7 Å². The van der Waals surface area contributed by atoms with E-state index in [9.17, 15) is 9.59 Å². The number of esters is 2. The Hall–Kier alpha value is -2.73. The van der Waals surface area contributed by atoms with Gasteiger partial charge in [0.15, 0.2) is 0 Å². The molecule has 0 N–H and O–H groups in total. The quantitative estimate of drug-likeness (QED) is 0.357. The number of hydrogen-bond acceptors (Lipinski definition) is 6. The Morgan fingerprint density at radius 3 is 2.92 bits per heavy atom. The van der Waals surface area contributed by atoms with Gasteiger partial charge in [-0.25, -0.2) is 4.79 Å². The maximum atomic E-state index is 11.9. The van der Waals surface area contributed by atoms with E-state index in [1.807, 2.05) is 11.0 Å². The summed E-state index contributed by atoms with van der Waals surface area (Å²) in [4.78, 5) is 27.9. The third-order valence-electron chi connectivity index (χ3n) is 3.76. The van der Waals surface area contributed by atoms with E-state index < -0.39 is 18.1 Å². The van der Waals surface area contributed by atoms with E-state index in [4.69, 9.17) is 15.0 Å². The second-order valence-electron chi connectivity index (χ2n) is 5.43. The average Bonchev–Trinajstić information content (AvgIpc) is 2.56. The van der Waals surface area contributed by atoms with Crippen LogP contribution in [-0.4, -0.2) is 43.8 Å². The molecule has 128 valence electrons. The van der Waals surface area contributed by atoms with Crippen molar-refractivity contribution in [3.63, 3.8) is 0 Å². The molecule has 0 radical (unpaired) electrons.